The van der Waals surface area contributed by atoms with Crippen LogP contribution in [0.15, 0.2) is 18.3 Å². The fraction of sp³-hybridized carbons (Fsp3) is 0.500. The van der Waals surface area contributed by atoms with Crippen LogP contribution in [0.1, 0.15) is 41.7 Å². The molecule has 0 bridgehead atoms. The van der Waals surface area contributed by atoms with Crippen LogP contribution in [-0.4, -0.2) is 16.9 Å². The minimum absolute atomic E-state index is 0.324. The molecular formula is C12H17N3O. The molecule has 0 atom stereocenters. The maximum atomic E-state index is 10.8. The molecule has 1 saturated carbocycles. The van der Waals surface area contributed by atoms with Crippen molar-refractivity contribution in [1.29, 1.82) is 0 Å². The minimum atomic E-state index is -0.477. The Balaban J connectivity index is 1.87. The molecule has 1 aromatic rings. The summed E-state index contributed by atoms with van der Waals surface area (Å²) < 4.78 is 0. The summed E-state index contributed by atoms with van der Waals surface area (Å²) in [4.78, 5) is 14.8. The molecule has 1 fully saturated rings. The molecule has 0 aliphatic heterocycles. The van der Waals surface area contributed by atoms with Gasteiger partial charge in [0.25, 0.3) is 5.91 Å². The van der Waals surface area contributed by atoms with Gasteiger partial charge in [-0.1, -0.05) is 18.9 Å². The standard InChI is InChI=1S/C12H17N3O/c13-12(16)11-6-5-9(8-15-11)7-14-10-3-1-2-4-10/h5-6,8,10,14H,1-4,7H2,(H2,13,16). The molecule has 2 rings (SSSR count). The van der Waals surface area contributed by atoms with Crippen LogP contribution in [0.2, 0.25) is 0 Å². The summed E-state index contributed by atoms with van der Waals surface area (Å²) in [6.07, 6.45) is 6.91. The Labute approximate surface area is 95.3 Å². The molecule has 0 unspecified atom stereocenters. The third-order valence-corrected chi connectivity index (χ3v) is 3.03. The Morgan fingerprint density at radius 3 is 2.75 bits per heavy atom. The van der Waals surface area contributed by atoms with Crippen LogP contribution in [0.4, 0.5) is 0 Å². The SMILES string of the molecule is NC(=O)c1ccc(CNC2CCCC2)cn1. The van der Waals surface area contributed by atoms with Crippen molar-refractivity contribution in [2.45, 2.75) is 38.3 Å². The van der Waals surface area contributed by atoms with E-state index in [4.69, 9.17) is 5.73 Å². The predicted octanol–water partition coefficient (Wildman–Crippen LogP) is 1.21. The lowest BCUT2D eigenvalue weighted by Crippen LogP contribution is -2.25. The summed E-state index contributed by atoms with van der Waals surface area (Å²) in [6, 6.07) is 4.22. The van der Waals surface area contributed by atoms with Crippen LogP contribution < -0.4 is 11.1 Å². The zero-order chi connectivity index (χ0) is 11.4. The normalized spacial score (nSPS) is 16.5. The number of nitrogens with two attached hydrogens (primary N) is 1. The van der Waals surface area contributed by atoms with Crippen molar-refractivity contribution in [2.24, 2.45) is 5.73 Å². The highest BCUT2D eigenvalue weighted by Crippen LogP contribution is 2.17. The van der Waals surface area contributed by atoms with E-state index in [-0.39, 0.29) is 0 Å². The summed E-state index contributed by atoms with van der Waals surface area (Å²) in [7, 11) is 0. The van der Waals surface area contributed by atoms with Crippen LogP contribution in [0.25, 0.3) is 0 Å². The highest BCUT2D eigenvalue weighted by molar-refractivity contribution is 5.90. The van der Waals surface area contributed by atoms with Crippen molar-refractivity contribution in [2.75, 3.05) is 0 Å². The fourth-order valence-electron chi connectivity index (χ4n) is 2.07. The summed E-state index contributed by atoms with van der Waals surface area (Å²) in [5, 5.41) is 3.49. The first-order chi connectivity index (χ1) is 7.75. The quantitative estimate of drug-likeness (QED) is 0.799. The van der Waals surface area contributed by atoms with Gasteiger partial charge in [-0.25, -0.2) is 0 Å². The van der Waals surface area contributed by atoms with Gasteiger partial charge < -0.3 is 11.1 Å². The Kier molecular flexibility index (Phi) is 3.51. The van der Waals surface area contributed by atoms with Crippen molar-refractivity contribution in [1.82, 2.24) is 10.3 Å². The maximum absolute atomic E-state index is 10.8. The van der Waals surface area contributed by atoms with Gasteiger partial charge in [0.15, 0.2) is 0 Å². The smallest absolute Gasteiger partial charge is 0.267 e. The van der Waals surface area contributed by atoms with Crippen LogP contribution in [0.5, 0.6) is 0 Å². The number of nitrogens with one attached hydrogen (secondary N) is 1. The maximum Gasteiger partial charge on any atom is 0.267 e. The lowest BCUT2D eigenvalue weighted by atomic mass is 10.2. The highest BCUT2D eigenvalue weighted by Gasteiger charge is 2.13. The van der Waals surface area contributed by atoms with Gasteiger partial charge in [0.2, 0.25) is 0 Å². The first-order valence-corrected chi connectivity index (χ1v) is 5.74. The summed E-state index contributed by atoms with van der Waals surface area (Å²) >= 11 is 0. The summed E-state index contributed by atoms with van der Waals surface area (Å²) in [6.45, 7) is 0.816. The van der Waals surface area contributed by atoms with Crippen LogP contribution in [-0.2, 0) is 6.54 Å². The number of rotatable bonds is 4. The molecule has 86 valence electrons. The van der Waals surface area contributed by atoms with Crippen LogP contribution >= 0.6 is 0 Å². The summed E-state index contributed by atoms with van der Waals surface area (Å²) in [5.41, 5.74) is 6.54. The molecule has 1 amide bonds. The zero-order valence-electron chi connectivity index (χ0n) is 9.28. The Hall–Kier alpha value is -1.42. The molecular weight excluding hydrogens is 202 g/mol. The van der Waals surface area contributed by atoms with Crippen molar-refractivity contribution >= 4 is 5.91 Å². The fourth-order valence-corrected chi connectivity index (χ4v) is 2.07. The number of aromatic nitrogens is 1. The average Bonchev–Trinajstić information content (AvgIpc) is 2.80. The van der Waals surface area contributed by atoms with Crippen LogP contribution in [0.3, 0.4) is 0 Å². The Morgan fingerprint density at radius 2 is 2.19 bits per heavy atom. The minimum Gasteiger partial charge on any atom is -0.364 e. The monoisotopic (exact) mass is 219 g/mol. The molecule has 3 N–H and O–H groups in total. The number of nitrogens with zero attached hydrogens (tertiary/aromatic N) is 1. The number of pyridine rings is 1. The molecule has 0 spiro atoms. The van der Waals surface area contributed by atoms with E-state index >= 15 is 0 Å². The molecule has 1 heterocycles. The molecule has 1 aliphatic carbocycles. The van der Waals surface area contributed by atoms with Gasteiger partial charge in [0.05, 0.1) is 0 Å². The predicted molar refractivity (Wildman–Crippen MR) is 61.9 cm³/mol. The number of hydrogen-bond acceptors (Lipinski definition) is 3. The van der Waals surface area contributed by atoms with Crippen molar-refractivity contribution in [3.05, 3.63) is 29.6 Å². The lowest BCUT2D eigenvalue weighted by Gasteiger charge is -2.11. The first-order valence-electron chi connectivity index (χ1n) is 5.74. The topological polar surface area (TPSA) is 68.0 Å². The molecule has 4 heteroatoms. The third-order valence-electron chi connectivity index (χ3n) is 3.03. The second-order valence-corrected chi connectivity index (χ2v) is 4.28. The van der Waals surface area contributed by atoms with Gasteiger partial charge in [0.1, 0.15) is 5.69 Å². The Morgan fingerprint density at radius 1 is 1.44 bits per heavy atom. The number of carbonyl (C=O) groups excluding carboxylic acids is 1. The Bertz CT molecular complexity index is 355. The van der Waals surface area contributed by atoms with Gasteiger partial charge in [0, 0.05) is 18.8 Å². The number of primary amides is 1. The van der Waals surface area contributed by atoms with Crippen molar-refractivity contribution in [3.63, 3.8) is 0 Å². The second kappa shape index (κ2) is 5.07. The van der Waals surface area contributed by atoms with E-state index in [2.05, 4.69) is 10.3 Å². The van der Waals surface area contributed by atoms with E-state index in [1.165, 1.54) is 25.7 Å². The molecule has 0 aromatic carbocycles. The largest absolute Gasteiger partial charge is 0.364 e. The number of amides is 1. The second-order valence-electron chi connectivity index (χ2n) is 4.28. The van der Waals surface area contributed by atoms with Crippen LogP contribution in [0, 0.1) is 0 Å². The highest BCUT2D eigenvalue weighted by atomic mass is 16.1. The van der Waals surface area contributed by atoms with E-state index in [0.717, 1.165) is 12.1 Å². The average molecular weight is 219 g/mol. The number of carbonyl (C=O) groups is 1. The van der Waals surface area contributed by atoms with Gasteiger partial charge in [-0.15, -0.1) is 0 Å². The van der Waals surface area contributed by atoms with E-state index in [0.29, 0.717) is 11.7 Å². The van der Waals surface area contributed by atoms with E-state index in [1.54, 1.807) is 12.3 Å². The molecule has 1 aromatic heterocycles. The molecule has 1 aliphatic rings. The van der Waals surface area contributed by atoms with Crippen molar-refractivity contribution in [3.8, 4) is 0 Å². The van der Waals surface area contributed by atoms with E-state index < -0.39 is 5.91 Å². The molecule has 0 saturated heterocycles. The van der Waals surface area contributed by atoms with Gasteiger partial charge in [-0.3, -0.25) is 9.78 Å². The summed E-state index contributed by atoms with van der Waals surface area (Å²) in [5.74, 6) is -0.477. The van der Waals surface area contributed by atoms with Gasteiger partial charge in [-0.05, 0) is 24.5 Å². The first kappa shape index (κ1) is 11.1. The molecule has 0 radical (unpaired) electrons. The third kappa shape index (κ3) is 2.79. The molecule has 4 nitrogen and oxygen atoms in total. The van der Waals surface area contributed by atoms with Crippen molar-refractivity contribution < 1.29 is 4.79 Å². The molecule has 16 heavy (non-hydrogen) atoms. The zero-order valence-corrected chi connectivity index (χ0v) is 9.28. The number of hydrogen-bond donors (Lipinski definition) is 2. The van der Waals surface area contributed by atoms with E-state index in [9.17, 15) is 4.79 Å². The lowest BCUT2D eigenvalue weighted by molar-refractivity contribution is 0.0995. The van der Waals surface area contributed by atoms with Gasteiger partial charge >= 0.3 is 0 Å². The van der Waals surface area contributed by atoms with E-state index in [1.807, 2.05) is 6.07 Å². The van der Waals surface area contributed by atoms with Gasteiger partial charge in [-0.2, -0.15) is 0 Å².